The second kappa shape index (κ2) is 4.30. The van der Waals surface area contributed by atoms with E-state index in [9.17, 15) is 19.1 Å². The van der Waals surface area contributed by atoms with E-state index in [4.69, 9.17) is 12.6 Å². The number of halogens is 1. The molecule has 0 amide bonds. The van der Waals surface area contributed by atoms with Gasteiger partial charge in [0.1, 0.15) is 12.2 Å². The Kier molecular flexibility index (Phi) is 2.49. The van der Waals surface area contributed by atoms with Crippen molar-refractivity contribution >= 4 is 0 Å². The average molecular weight is 262 g/mol. The summed E-state index contributed by atoms with van der Waals surface area (Å²) in [6.45, 7) is 0.259. The smallest absolute Gasteiger partial charge is 0.330 e. The summed E-state index contributed by atoms with van der Waals surface area (Å²) in [5.41, 5.74) is -4.68. The van der Waals surface area contributed by atoms with Crippen LogP contribution in [0.5, 0.6) is 0 Å². The Bertz CT molecular complexity index is 644. The molecule has 2 heterocycles. The Morgan fingerprint density at radius 3 is 2.94 bits per heavy atom. The molecule has 1 aliphatic rings. The fourth-order valence-corrected chi connectivity index (χ4v) is 1.85. The van der Waals surface area contributed by atoms with Crippen molar-refractivity contribution in [2.24, 2.45) is 0 Å². The van der Waals surface area contributed by atoms with E-state index in [-0.39, 0.29) is 0 Å². The van der Waals surface area contributed by atoms with Gasteiger partial charge in [-0.3, -0.25) is 14.3 Å². The molecule has 18 heavy (non-hydrogen) atoms. The summed E-state index contributed by atoms with van der Waals surface area (Å²) in [4.78, 5) is 24.6. The van der Waals surface area contributed by atoms with Gasteiger partial charge in [-0.05, 0) is 6.92 Å². The van der Waals surface area contributed by atoms with Crippen LogP contribution in [0.2, 0.25) is 0 Å². The number of aromatic amines is 1. The Morgan fingerprint density at radius 1 is 1.72 bits per heavy atom. The van der Waals surface area contributed by atoms with Crippen molar-refractivity contribution in [2.75, 3.05) is 6.61 Å². The second-order valence-electron chi connectivity index (χ2n) is 4.17. The molecule has 1 fully saturated rings. The van der Waals surface area contributed by atoms with Crippen molar-refractivity contribution in [2.45, 2.75) is 31.0 Å². The highest BCUT2D eigenvalue weighted by Gasteiger charge is 2.54. The first-order valence-corrected chi connectivity index (χ1v) is 5.17. The zero-order valence-electron chi connectivity index (χ0n) is 11.4. The zero-order chi connectivity index (χ0) is 15.2. The van der Waals surface area contributed by atoms with Gasteiger partial charge in [0.2, 0.25) is 0 Å². The van der Waals surface area contributed by atoms with Crippen LogP contribution in [0.3, 0.4) is 0 Å². The Balaban J connectivity index is 2.61. The van der Waals surface area contributed by atoms with Crippen LogP contribution >= 0.6 is 0 Å². The minimum Gasteiger partial charge on any atom is -0.394 e. The zero-order valence-corrected chi connectivity index (χ0v) is 9.38. The predicted molar refractivity (Wildman–Crippen MR) is 57.8 cm³/mol. The van der Waals surface area contributed by atoms with Gasteiger partial charge in [-0.2, -0.15) is 0 Å². The topological polar surface area (TPSA) is 105 Å². The van der Waals surface area contributed by atoms with Crippen LogP contribution in [0.25, 0.3) is 0 Å². The van der Waals surface area contributed by atoms with E-state index in [1.807, 2.05) is 0 Å². The minimum atomic E-state index is -2.47. The van der Waals surface area contributed by atoms with Gasteiger partial charge in [0.25, 0.3) is 5.56 Å². The SMILES string of the molecule is [2H]c1c([2H])n([C@@H]2O[C@H](CO)C(O)[C@@]2(C)F)c(=O)[nH]c1=O. The number of hydrogen-bond donors (Lipinski definition) is 3. The van der Waals surface area contributed by atoms with Crippen LogP contribution in [0.4, 0.5) is 4.39 Å². The number of hydrogen-bond acceptors (Lipinski definition) is 5. The van der Waals surface area contributed by atoms with Gasteiger partial charge in [0, 0.05) is 12.2 Å². The normalized spacial score (nSPS) is 37.4. The Labute approximate surface area is 103 Å². The molecular weight excluding hydrogens is 247 g/mol. The molecule has 7 nitrogen and oxygen atoms in total. The molecule has 1 saturated heterocycles. The maximum atomic E-state index is 14.5. The number of aliphatic hydroxyl groups excluding tert-OH is 2. The lowest BCUT2D eigenvalue weighted by Crippen LogP contribution is -2.43. The molecule has 3 N–H and O–H groups in total. The first-order valence-electron chi connectivity index (χ1n) is 6.17. The summed E-state index contributed by atoms with van der Waals surface area (Å²) in [6.07, 6.45) is -5.55. The number of nitrogens with one attached hydrogen (secondary N) is 1. The molecule has 1 aromatic heterocycles. The summed E-state index contributed by atoms with van der Waals surface area (Å²) in [7, 11) is 0. The number of ether oxygens (including phenoxy) is 1. The van der Waals surface area contributed by atoms with E-state index in [0.717, 1.165) is 6.92 Å². The summed E-state index contributed by atoms with van der Waals surface area (Å²) < 4.78 is 34.9. The van der Waals surface area contributed by atoms with Crippen molar-refractivity contribution in [3.63, 3.8) is 0 Å². The molecule has 1 unspecified atom stereocenters. The van der Waals surface area contributed by atoms with E-state index in [0.29, 0.717) is 4.57 Å². The lowest BCUT2D eigenvalue weighted by molar-refractivity contribution is -0.0611. The monoisotopic (exact) mass is 262 g/mol. The standard InChI is InChI=1S/C10H13FN2O5/c1-10(11)7(16)5(4-14)18-8(10)13-3-2-6(15)12-9(13)17/h2-3,5,7-8,14,16H,4H2,1H3,(H,12,15,17)/t5-,7?,8-,10-/m1/s1/i2D,3D. The Hall–Kier alpha value is -1.51. The highest BCUT2D eigenvalue weighted by Crippen LogP contribution is 2.40. The van der Waals surface area contributed by atoms with Crippen molar-refractivity contribution < 1.29 is 22.1 Å². The molecule has 8 heteroatoms. The first kappa shape index (κ1) is 10.4. The summed E-state index contributed by atoms with van der Waals surface area (Å²) in [5, 5.41) is 18.7. The van der Waals surface area contributed by atoms with Gasteiger partial charge in [-0.15, -0.1) is 0 Å². The number of alkyl halides is 1. The number of aliphatic hydroxyl groups is 2. The van der Waals surface area contributed by atoms with Gasteiger partial charge in [0.05, 0.1) is 9.35 Å². The molecule has 100 valence electrons. The van der Waals surface area contributed by atoms with E-state index < -0.39 is 54.2 Å². The number of H-pyrrole nitrogens is 1. The van der Waals surface area contributed by atoms with Gasteiger partial charge in [0.15, 0.2) is 11.9 Å². The van der Waals surface area contributed by atoms with Gasteiger partial charge in [-0.1, -0.05) is 0 Å². The molecule has 2 rings (SSSR count). The molecule has 0 spiro atoms. The highest BCUT2D eigenvalue weighted by molar-refractivity contribution is 5.01. The van der Waals surface area contributed by atoms with E-state index in [1.165, 1.54) is 0 Å². The molecular formula is C10H13FN2O5. The average Bonchev–Trinajstić information content (AvgIpc) is 2.60. The molecule has 1 aromatic rings. The van der Waals surface area contributed by atoms with Crippen molar-refractivity contribution in [1.82, 2.24) is 9.55 Å². The van der Waals surface area contributed by atoms with Crippen LogP contribution in [0.15, 0.2) is 21.8 Å². The third kappa shape index (κ3) is 1.88. The van der Waals surface area contributed by atoms with E-state index in [1.54, 1.807) is 4.98 Å². The maximum absolute atomic E-state index is 14.5. The summed E-state index contributed by atoms with van der Waals surface area (Å²) in [5.74, 6) is 0. The van der Waals surface area contributed by atoms with Gasteiger partial charge >= 0.3 is 5.69 Å². The first-order chi connectivity index (χ1) is 9.21. The number of aromatic nitrogens is 2. The second-order valence-corrected chi connectivity index (χ2v) is 4.17. The third-order valence-electron chi connectivity index (χ3n) is 2.86. The third-order valence-corrected chi connectivity index (χ3v) is 2.86. The fourth-order valence-electron chi connectivity index (χ4n) is 1.85. The van der Waals surface area contributed by atoms with Crippen molar-refractivity contribution in [3.8, 4) is 0 Å². The lowest BCUT2D eigenvalue weighted by Gasteiger charge is -2.24. The molecule has 0 bridgehead atoms. The largest absolute Gasteiger partial charge is 0.394 e. The van der Waals surface area contributed by atoms with E-state index >= 15 is 0 Å². The van der Waals surface area contributed by atoms with E-state index in [2.05, 4.69) is 0 Å². The van der Waals surface area contributed by atoms with Crippen molar-refractivity contribution in [3.05, 3.63) is 33.1 Å². The predicted octanol–water partition coefficient (Wildman–Crippen LogP) is -1.48. The van der Waals surface area contributed by atoms with Gasteiger partial charge in [-0.25, -0.2) is 9.18 Å². The highest BCUT2D eigenvalue weighted by atomic mass is 19.1. The number of nitrogens with zero attached hydrogens (tertiary/aromatic N) is 1. The molecule has 1 aliphatic heterocycles. The molecule has 4 atom stereocenters. The van der Waals surface area contributed by atoms with Crippen LogP contribution < -0.4 is 11.2 Å². The molecule has 0 saturated carbocycles. The lowest BCUT2D eigenvalue weighted by atomic mass is 9.98. The summed E-state index contributed by atoms with van der Waals surface area (Å²) >= 11 is 0. The maximum Gasteiger partial charge on any atom is 0.330 e. The molecule has 0 aromatic carbocycles. The van der Waals surface area contributed by atoms with Crippen molar-refractivity contribution in [1.29, 1.82) is 0 Å². The minimum absolute atomic E-state index is 0.433. The Morgan fingerprint density at radius 2 is 2.39 bits per heavy atom. The van der Waals surface area contributed by atoms with Crippen LogP contribution in [0.1, 0.15) is 15.9 Å². The van der Waals surface area contributed by atoms with Crippen LogP contribution in [0, 0.1) is 0 Å². The van der Waals surface area contributed by atoms with Crippen LogP contribution in [-0.2, 0) is 4.74 Å². The number of rotatable bonds is 2. The quantitative estimate of drug-likeness (QED) is 0.602. The van der Waals surface area contributed by atoms with Crippen LogP contribution in [-0.4, -0.2) is 44.2 Å². The fraction of sp³-hybridized carbons (Fsp3) is 0.600. The molecule has 0 aliphatic carbocycles. The van der Waals surface area contributed by atoms with Gasteiger partial charge < -0.3 is 14.9 Å². The summed E-state index contributed by atoms with van der Waals surface area (Å²) in [6, 6.07) is -0.828. The molecule has 0 radical (unpaired) electrons.